The maximum Gasteiger partial charge on any atom is 0.227 e. The molecule has 0 aliphatic rings. The molecule has 0 saturated carbocycles. The van der Waals surface area contributed by atoms with Gasteiger partial charge in [-0.15, -0.1) is 5.10 Å². The summed E-state index contributed by atoms with van der Waals surface area (Å²) in [4.78, 5) is 0.193. The van der Waals surface area contributed by atoms with Gasteiger partial charge >= 0.3 is 0 Å². The van der Waals surface area contributed by atoms with Gasteiger partial charge in [0.15, 0.2) is 0 Å². The van der Waals surface area contributed by atoms with E-state index in [1.807, 2.05) is 37.3 Å². The van der Waals surface area contributed by atoms with Crippen LogP contribution in [-0.2, 0) is 15.3 Å². The number of hydrogen-bond acceptors (Lipinski definition) is 5. The molecule has 2 aromatic carbocycles. The van der Waals surface area contributed by atoms with Gasteiger partial charge < -0.3 is 4.74 Å². The molecule has 3 rings (SSSR count). The van der Waals surface area contributed by atoms with Crippen molar-refractivity contribution in [3.05, 3.63) is 59.8 Å². The quantitative estimate of drug-likeness (QED) is 0.684. The van der Waals surface area contributed by atoms with Crippen LogP contribution >= 0.6 is 0 Å². The highest BCUT2D eigenvalue weighted by atomic mass is 32.2. The second-order valence-corrected chi connectivity index (χ2v) is 9.35. The van der Waals surface area contributed by atoms with Crippen molar-refractivity contribution < 1.29 is 13.2 Å². The van der Waals surface area contributed by atoms with Gasteiger partial charge in [-0.1, -0.05) is 44.2 Å². The van der Waals surface area contributed by atoms with Crippen molar-refractivity contribution >= 4 is 9.84 Å². The first-order valence-corrected chi connectivity index (χ1v) is 10.0. The topological polar surface area (TPSA) is 74.1 Å². The Morgan fingerprint density at radius 2 is 1.70 bits per heavy atom. The van der Waals surface area contributed by atoms with E-state index in [-0.39, 0.29) is 15.3 Å². The Kier molecular flexibility index (Phi) is 4.82. The maximum absolute atomic E-state index is 12.9. The van der Waals surface area contributed by atoms with E-state index in [1.165, 1.54) is 10.9 Å². The molecule has 0 unspecified atom stereocenters. The molecule has 7 heteroatoms. The van der Waals surface area contributed by atoms with Gasteiger partial charge in [0.2, 0.25) is 14.9 Å². The molecular weight excluding hydrogens is 362 g/mol. The average molecular weight is 385 g/mol. The second-order valence-electron chi connectivity index (χ2n) is 7.45. The summed E-state index contributed by atoms with van der Waals surface area (Å²) in [5.74, 6) is 0.587. The normalized spacial score (nSPS) is 12.2. The molecule has 0 aliphatic carbocycles. The number of nitrogens with zero attached hydrogens (tertiary/aromatic N) is 3. The van der Waals surface area contributed by atoms with Crippen LogP contribution in [0.15, 0.2) is 58.6 Å². The molecule has 0 saturated heterocycles. The summed E-state index contributed by atoms with van der Waals surface area (Å²) in [6.07, 6.45) is 1.41. The Balaban J connectivity index is 1.99. The van der Waals surface area contributed by atoms with E-state index in [0.29, 0.717) is 11.4 Å². The summed E-state index contributed by atoms with van der Waals surface area (Å²) in [5.41, 5.74) is 2.65. The molecule has 0 fully saturated rings. The van der Waals surface area contributed by atoms with Gasteiger partial charge in [-0.2, -0.15) is 0 Å². The van der Waals surface area contributed by atoms with Gasteiger partial charge in [-0.25, -0.2) is 13.1 Å². The van der Waals surface area contributed by atoms with Crippen LogP contribution in [0.3, 0.4) is 0 Å². The highest BCUT2D eigenvalue weighted by molar-refractivity contribution is 7.91. The molecule has 0 N–H and O–H groups in total. The van der Waals surface area contributed by atoms with Gasteiger partial charge in [-0.3, -0.25) is 0 Å². The lowest BCUT2D eigenvalue weighted by Gasteiger charge is -2.18. The molecule has 0 radical (unpaired) electrons. The van der Waals surface area contributed by atoms with E-state index in [0.717, 1.165) is 11.1 Å². The summed E-state index contributed by atoms with van der Waals surface area (Å²) in [5, 5.41) is 7.78. The van der Waals surface area contributed by atoms with Gasteiger partial charge in [0.05, 0.1) is 18.2 Å². The number of hydrogen-bond donors (Lipinski definition) is 0. The van der Waals surface area contributed by atoms with Crippen LogP contribution in [-0.4, -0.2) is 30.5 Å². The Bertz CT molecular complexity index is 1060. The number of aryl methyl sites for hydroxylation is 1. The Hall–Kier alpha value is -2.67. The maximum atomic E-state index is 12.9. The van der Waals surface area contributed by atoms with E-state index in [1.54, 1.807) is 19.2 Å². The molecule has 0 bridgehead atoms. The first kappa shape index (κ1) is 19.1. The van der Waals surface area contributed by atoms with E-state index >= 15 is 0 Å². The third-order valence-corrected chi connectivity index (χ3v) is 5.99. The molecule has 1 heterocycles. The molecular formula is C20H23N3O3S. The average Bonchev–Trinajstić information content (AvgIpc) is 3.12. The number of methoxy groups -OCH3 is 1. The molecule has 1 aromatic heterocycles. The second kappa shape index (κ2) is 6.81. The zero-order chi connectivity index (χ0) is 19.8. The lowest BCUT2D eigenvalue weighted by molar-refractivity contribution is 0.411. The molecule has 0 amide bonds. The Labute approximate surface area is 159 Å². The summed E-state index contributed by atoms with van der Waals surface area (Å²) < 4.78 is 32.6. The molecule has 142 valence electrons. The fourth-order valence-electron chi connectivity index (χ4n) is 2.72. The number of sulfone groups is 1. The van der Waals surface area contributed by atoms with E-state index in [2.05, 4.69) is 31.1 Å². The van der Waals surface area contributed by atoms with Crippen molar-refractivity contribution in [1.29, 1.82) is 0 Å². The first-order valence-electron chi connectivity index (χ1n) is 8.56. The predicted molar refractivity (Wildman–Crippen MR) is 103 cm³/mol. The molecule has 0 aliphatic heterocycles. The smallest absolute Gasteiger partial charge is 0.227 e. The van der Waals surface area contributed by atoms with Gasteiger partial charge in [0.1, 0.15) is 11.4 Å². The van der Waals surface area contributed by atoms with Crippen LogP contribution in [0.5, 0.6) is 5.75 Å². The van der Waals surface area contributed by atoms with Crippen molar-refractivity contribution in [2.75, 3.05) is 7.11 Å². The van der Waals surface area contributed by atoms with E-state index in [9.17, 15) is 8.42 Å². The molecule has 6 nitrogen and oxygen atoms in total. The lowest BCUT2D eigenvalue weighted by Crippen LogP contribution is -2.11. The van der Waals surface area contributed by atoms with Gasteiger partial charge in [-0.05, 0) is 47.7 Å². The summed E-state index contributed by atoms with van der Waals surface area (Å²) >= 11 is 0. The van der Waals surface area contributed by atoms with Crippen LogP contribution in [0, 0.1) is 6.92 Å². The number of ether oxygens (including phenoxy) is 1. The van der Waals surface area contributed by atoms with Crippen molar-refractivity contribution in [2.24, 2.45) is 0 Å². The standard InChI is InChI=1S/C20H23N3O3S/c1-14-6-11-18(26-5)17(12-14)23-13-19(21-22-23)27(24,25)16-9-7-15(8-10-16)20(2,3)4/h6-13H,1-5H3. The zero-order valence-electron chi connectivity index (χ0n) is 16.1. The molecule has 0 atom stereocenters. The fourth-order valence-corrected chi connectivity index (χ4v) is 3.84. The summed E-state index contributed by atoms with van der Waals surface area (Å²) in [7, 11) is -2.20. The number of benzene rings is 2. The van der Waals surface area contributed by atoms with Crippen LogP contribution in [0.4, 0.5) is 0 Å². The Morgan fingerprint density at radius 3 is 2.30 bits per heavy atom. The minimum absolute atomic E-state index is 0.0485. The highest BCUT2D eigenvalue weighted by Crippen LogP contribution is 2.27. The van der Waals surface area contributed by atoms with Crippen LogP contribution < -0.4 is 4.74 Å². The van der Waals surface area contributed by atoms with Crippen LogP contribution in [0.2, 0.25) is 0 Å². The first-order chi connectivity index (χ1) is 12.6. The zero-order valence-corrected chi connectivity index (χ0v) is 16.9. The highest BCUT2D eigenvalue weighted by Gasteiger charge is 2.23. The molecule has 0 spiro atoms. The Morgan fingerprint density at radius 1 is 1.04 bits per heavy atom. The van der Waals surface area contributed by atoms with Crippen LogP contribution in [0.25, 0.3) is 5.69 Å². The lowest BCUT2D eigenvalue weighted by atomic mass is 9.87. The van der Waals surface area contributed by atoms with Crippen molar-refractivity contribution in [2.45, 2.75) is 43.0 Å². The fraction of sp³-hybridized carbons (Fsp3) is 0.300. The monoisotopic (exact) mass is 385 g/mol. The summed E-state index contributed by atoms with van der Waals surface area (Å²) in [6, 6.07) is 12.5. The SMILES string of the molecule is COc1ccc(C)cc1-n1cc(S(=O)(=O)c2ccc(C(C)(C)C)cc2)nn1. The van der Waals surface area contributed by atoms with Gasteiger partial charge in [0, 0.05) is 0 Å². The van der Waals surface area contributed by atoms with E-state index < -0.39 is 9.84 Å². The van der Waals surface area contributed by atoms with Crippen molar-refractivity contribution in [3.63, 3.8) is 0 Å². The number of aromatic nitrogens is 3. The number of rotatable bonds is 4. The molecule has 27 heavy (non-hydrogen) atoms. The van der Waals surface area contributed by atoms with Gasteiger partial charge in [0.25, 0.3) is 0 Å². The predicted octanol–water partition coefficient (Wildman–Crippen LogP) is 3.71. The van der Waals surface area contributed by atoms with E-state index in [4.69, 9.17) is 4.74 Å². The minimum atomic E-state index is -3.75. The molecule has 3 aromatic rings. The summed E-state index contributed by atoms with van der Waals surface area (Å²) in [6.45, 7) is 8.18. The van der Waals surface area contributed by atoms with Crippen molar-refractivity contribution in [1.82, 2.24) is 15.0 Å². The third kappa shape index (κ3) is 3.73. The minimum Gasteiger partial charge on any atom is -0.494 e. The third-order valence-electron chi connectivity index (χ3n) is 4.36. The van der Waals surface area contributed by atoms with Crippen LogP contribution in [0.1, 0.15) is 31.9 Å². The van der Waals surface area contributed by atoms with Crippen molar-refractivity contribution in [3.8, 4) is 11.4 Å². The largest absolute Gasteiger partial charge is 0.494 e.